The summed E-state index contributed by atoms with van der Waals surface area (Å²) < 4.78 is 0. The molecule has 122 valence electrons. The molecule has 0 atom stereocenters. The summed E-state index contributed by atoms with van der Waals surface area (Å²) in [5.74, 6) is 0. The molecule has 2 heterocycles. The number of rotatable bonds is 4. The lowest BCUT2D eigenvalue weighted by Gasteiger charge is -2.36. The van der Waals surface area contributed by atoms with E-state index in [1.807, 2.05) is 13.0 Å². The van der Waals surface area contributed by atoms with E-state index in [2.05, 4.69) is 14.8 Å². The molecular weight excluding hydrogens is 296 g/mol. The van der Waals surface area contributed by atoms with Crippen molar-refractivity contribution in [2.45, 2.75) is 6.92 Å². The molecule has 1 fully saturated rings. The molecular formula is C16H20N4O3. The number of pyridine rings is 1. The van der Waals surface area contributed by atoms with Gasteiger partial charge in [-0.1, -0.05) is 0 Å². The predicted octanol–water partition coefficient (Wildman–Crippen LogP) is 1.57. The van der Waals surface area contributed by atoms with Gasteiger partial charge in [0, 0.05) is 61.6 Å². The van der Waals surface area contributed by atoms with Crippen molar-refractivity contribution in [3.8, 4) is 0 Å². The van der Waals surface area contributed by atoms with E-state index >= 15 is 0 Å². The molecule has 0 amide bonds. The average molecular weight is 316 g/mol. The largest absolute Gasteiger partial charge is 0.395 e. The lowest BCUT2D eigenvalue weighted by Crippen LogP contribution is -2.47. The van der Waals surface area contributed by atoms with Crippen LogP contribution >= 0.6 is 0 Å². The number of piperazine rings is 1. The van der Waals surface area contributed by atoms with Crippen molar-refractivity contribution in [3.63, 3.8) is 0 Å². The fourth-order valence-electron chi connectivity index (χ4n) is 3.05. The number of aliphatic hydroxyl groups excluding tert-OH is 1. The van der Waals surface area contributed by atoms with Crippen molar-refractivity contribution in [3.05, 3.63) is 40.1 Å². The summed E-state index contributed by atoms with van der Waals surface area (Å²) in [5, 5.41) is 20.9. The first-order chi connectivity index (χ1) is 11.1. The Balaban J connectivity index is 1.96. The van der Waals surface area contributed by atoms with Crippen LogP contribution in [0.5, 0.6) is 0 Å². The zero-order valence-corrected chi connectivity index (χ0v) is 13.1. The Morgan fingerprint density at radius 1 is 1.26 bits per heavy atom. The number of benzene rings is 1. The Morgan fingerprint density at radius 3 is 2.65 bits per heavy atom. The standard InChI is InChI=1S/C16H20N4O3/c1-12-10-16(19-6-4-18(5-7-19)8-9-21)14-11-13(20(22)23)2-3-15(14)17-12/h2-3,10-11,21H,4-9H2,1H3. The van der Waals surface area contributed by atoms with Gasteiger partial charge in [0.05, 0.1) is 17.0 Å². The van der Waals surface area contributed by atoms with E-state index in [0.717, 1.165) is 48.5 Å². The lowest BCUT2D eigenvalue weighted by atomic mass is 10.1. The van der Waals surface area contributed by atoms with Crippen LogP contribution in [0.2, 0.25) is 0 Å². The number of β-amino-alcohol motifs (C(OH)–C–C–N with tert-alkyl or cyclic N) is 1. The highest BCUT2D eigenvalue weighted by Gasteiger charge is 2.20. The maximum Gasteiger partial charge on any atom is 0.270 e. The van der Waals surface area contributed by atoms with Crippen molar-refractivity contribution >= 4 is 22.3 Å². The van der Waals surface area contributed by atoms with Crippen LogP contribution in [-0.2, 0) is 0 Å². The molecule has 7 heteroatoms. The number of non-ortho nitro benzene ring substituents is 1. The smallest absolute Gasteiger partial charge is 0.270 e. The Bertz CT molecular complexity index is 727. The van der Waals surface area contributed by atoms with Gasteiger partial charge in [-0.3, -0.25) is 20.0 Å². The molecule has 0 bridgehead atoms. The van der Waals surface area contributed by atoms with Gasteiger partial charge in [0.1, 0.15) is 0 Å². The van der Waals surface area contributed by atoms with Crippen LogP contribution in [-0.4, -0.2) is 59.2 Å². The molecule has 0 aliphatic carbocycles. The fraction of sp³-hybridized carbons (Fsp3) is 0.438. The Kier molecular flexibility index (Phi) is 4.40. The molecule has 1 N–H and O–H groups in total. The minimum atomic E-state index is -0.373. The number of aromatic nitrogens is 1. The van der Waals surface area contributed by atoms with Crippen molar-refractivity contribution < 1.29 is 10.0 Å². The van der Waals surface area contributed by atoms with Crippen molar-refractivity contribution in [2.75, 3.05) is 44.2 Å². The van der Waals surface area contributed by atoms with Crippen molar-refractivity contribution in [1.29, 1.82) is 0 Å². The van der Waals surface area contributed by atoms with Crippen LogP contribution in [0.1, 0.15) is 5.69 Å². The summed E-state index contributed by atoms with van der Waals surface area (Å²) in [4.78, 5) is 19.6. The van der Waals surface area contributed by atoms with Crippen LogP contribution in [0.4, 0.5) is 11.4 Å². The summed E-state index contributed by atoms with van der Waals surface area (Å²) in [6.45, 7) is 6.21. The Morgan fingerprint density at radius 2 is 2.00 bits per heavy atom. The molecule has 7 nitrogen and oxygen atoms in total. The van der Waals surface area contributed by atoms with E-state index in [9.17, 15) is 10.1 Å². The van der Waals surface area contributed by atoms with E-state index in [4.69, 9.17) is 5.11 Å². The van der Waals surface area contributed by atoms with Crippen LogP contribution < -0.4 is 4.90 Å². The third-order valence-electron chi connectivity index (χ3n) is 4.24. The second-order valence-corrected chi connectivity index (χ2v) is 5.79. The van der Waals surface area contributed by atoms with Gasteiger partial charge in [0.15, 0.2) is 0 Å². The molecule has 2 aromatic rings. The molecule has 1 aliphatic heterocycles. The van der Waals surface area contributed by atoms with Crippen LogP contribution in [0.15, 0.2) is 24.3 Å². The van der Waals surface area contributed by atoms with Gasteiger partial charge in [-0.25, -0.2) is 0 Å². The highest BCUT2D eigenvalue weighted by Crippen LogP contribution is 2.30. The van der Waals surface area contributed by atoms with E-state index in [-0.39, 0.29) is 17.2 Å². The maximum absolute atomic E-state index is 11.1. The zero-order valence-electron chi connectivity index (χ0n) is 13.1. The van der Waals surface area contributed by atoms with E-state index in [1.54, 1.807) is 12.1 Å². The summed E-state index contributed by atoms with van der Waals surface area (Å²) in [6, 6.07) is 6.81. The van der Waals surface area contributed by atoms with Gasteiger partial charge in [0.25, 0.3) is 5.69 Å². The van der Waals surface area contributed by atoms with E-state index < -0.39 is 0 Å². The Hall–Kier alpha value is -2.25. The number of hydrogen-bond acceptors (Lipinski definition) is 6. The number of nitro groups is 1. The van der Waals surface area contributed by atoms with Gasteiger partial charge in [-0.05, 0) is 19.1 Å². The number of aryl methyl sites for hydroxylation is 1. The van der Waals surface area contributed by atoms with Gasteiger partial charge < -0.3 is 10.0 Å². The van der Waals surface area contributed by atoms with Crippen molar-refractivity contribution in [1.82, 2.24) is 9.88 Å². The number of fused-ring (bicyclic) bond motifs is 1. The van der Waals surface area contributed by atoms with Crippen LogP contribution in [0.3, 0.4) is 0 Å². The molecule has 1 aromatic carbocycles. The third kappa shape index (κ3) is 3.25. The summed E-state index contributed by atoms with van der Waals surface area (Å²) in [5.41, 5.74) is 2.77. The number of nitrogens with zero attached hydrogens (tertiary/aromatic N) is 4. The first kappa shape index (κ1) is 15.6. The first-order valence-corrected chi connectivity index (χ1v) is 7.72. The molecule has 1 aromatic heterocycles. The number of hydrogen-bond donors (Lipinski definition) is 1. The maximum atomic E-state index is 11.1. The van der Waals surface area contributed by atoms with Crippen LogP contribution in [0.25, 0.3) is 10.9 Å². The van der Waals surface area contributed by atoms with E-state index in [0.29, 0.717) is 6.54 Å². The molecule has 0 radical (unpaired) electrons. The van der Waals surface area contributed by atoms with Crippen molar-refractivity contribution in [2.24, 2.45) is 0 Å². The molecule has 3 rings (SSSR count). The molecule has 1 aliphatic rings. The fourth-order valence-corrected chi connectivity index (χ4v) is 3.05. The van der Waals surface area contributed by atoms with Gasteiger partial charge in [-0.2, -0.15) is 0 Å². The molecule has 0 saturated carbocycles. The third-order valence-corrected chi connectivity index (χ3v) is 4.24. The monoisotopic (exact) mass is 316 g/mol. The Labute approximate surface area is 134 Å². The minimum Gasteiger partial charge on any atom is -0.395 e. The highest BCUT2D eigenvalue weighted by atomic mass is 16.6. The van der Waals surface area contributed by atoms with Gasteiger partial charge in [0.2, 0.25) is 0 Å². The number of anilines is 1. The van der Waals surface area contributed by atoms with Gasteiger partial charge >= 0.3 is 0 Å². The van der Waals surface area contributed by atoms with Gasteiger partial charge in [-0.15, -0.1) is 0 Å². The number of aliphatic hydroxyl groups is 1. The second kappa shape index (κ2) is 6.47. The zero-order chi connectivity index (χ0) is 16.4. The van der Waals surface area contributed by atoms with E-state index in [1.165, 1.54) is 6.07 Å². The predicted molar refractivity (Wildman–Crippen MR) is 88.9 cm³/mol. The quantitative estimate of drug-likeness (QED) is 0.681. The SMILES string of the molecule is Cc1cc(N2CCN(CCO)CC2)c2cc([N+](=O)[O-])ccc2n1. The second-order valence-electron chi connectivity index (χ2n) is 5.79. The molecule has 23 heavy (non-hydrogen) atoms. The molecule has 1 saturated heterocycles. The summed E-state index contributed by atoms with van der Waals surface area (Å²) >= 11 is 0. The minimum absolute atomic E-state index is 0.0864. The topological polar surface area (TPSA) is 82.7 Å². The normalized spacial score (nSPS) is 16.0. The van der Waals surface area contributed by atoms with Crippen LogP contribution in [0, 0.1) is 17.0 Å². The summed E-state index contributed by atoms with van der Waals surface area (Å²) in [6.07, 6.45) is 0. The first-order valence-electron chi connectivity index (χ1n) is 7.72. The number of nitro benzene ring substituents is 1. The molecule has 0 unspecified atom stereocenters. The lowest BCUT2D eigenvalue weighted by molar-refractivity contribution is -0.384. The molecule has 0 spiro atoms. The summed E-state index contributed by atoms with van der Waals surface area (Å²) in [7, 11) is 0. The average Bonchev–Trinajstić information content (AvgIpc) is 2.54. The highest BCUT2D eigenvalue weighted by molar-refractivity contribution is 5.93.